The van der Waals surface area contributed by atoms with Gasteiger partial charge in [0.25, 0.3) is 5.91 Å². The predicted octanol–water partition coefficient (Wildman–Crippen LogP) is 4.19. The quantitative estimate of drug-likeness (QED) is 0.703. The van der Waals surface area contributed by atoms with Crippen LogP contribution < -0.4 is 15.6 Å². The van der Waals surface area contributed by atoms with Gasteiger partial charge in [0, 0.05) is 0 Å². The summed E-state index contributed by atoms with van der Waals surface area (Å²) in [6.07, 6.45) is 0.0629. The molecule has 0 atom stereocenters. The molecule has 2 amide bonds. The predicted molar refractivity (Wildman–Crippen MR) is 107 cm³/mol. The Morgan fingerprint density at radius 2 is 1.70 bits per heavy atom. The molecule has 2 aromatic rings. The highest BCUT2D eigenvalue weighted by Gasteiger charge is 2.11. The van der Waals surface area contributed by atoms with E-state index in [2.05, 4.69) is 24.7 Å². The first-order valence-corrected chi connectivity index (χ1v) is 9.27. The van der Waals surface area contributed by atoms with Crippen molar-refractivity contribution in [2.75, 3.05) is 6.61 Å². The lowest BCUT2D eigenvalue weighted by molar-refractivity contribution is -0.129. The normalized spacial score (nSPS) is 10.6. The van der Waals surface area contributed by atoms with Crippen LogP contribution >= 0.6 is 23.2 Å². The number of hydrazine groups is 1. The maximum atomic E-state index is 11.9. The van der Waals surface area contributed by atoms with E-state index in [0.717, 1.165) is 11.1 Å². The van der Waals surface area contributed by atoms with Gasteiger partial charge < -0.3 is 4.74 Å². The van der Waals surface area contributed by atoms with Crippen molar-refractivity contribution in [3.05, 3.63) is 63.1 Å². The molecular formula is C20H22Cl2N2O3. The smallest absolute Gasteiger partial charge is 0.276 e. The van der Waals surface area contributed by atoms with Gasteiger partial charge in [-0.05, 0) is 47.7 Å². The largest absolute Gasteiger partial charge is 0.483 e. The van der Waals surface area contributed by atoms with Crippen molar-refractivity contribution in [2.45, 2.75) is 33.1 Å². The van der Waals surface area contributed by atoms with Gasteiger partial charge in [0.1, 0.15) is 5.75 Å². The molecule has 5 nitrogen and oxygen atoms in total. The third-order valence-electron chi connectivity index (χ3n) is 3.84. The van der Waals surface area contributed by atoms with E-state index >= 15 is 0 Å². The Hall–Kier alpha value is -2.24. The Morgan fingerprint density at radius 3 is 2.37 bits per heavy atom. The number of aryl methyl sites for hydroxylation is 1. The fourth-order valence-electron chi connectivity index (χ4n) is 2.44. The number of carbonyl (C=O) groups is 2. The summed E-state index contributed by atoms with van der Waals surface area (Å²) in [5, 5.41) is 0.793. The van der Waals surface area contributed by atoms with E-state index in [1.807, 2.05) is 25.1 Å². The van der Waals surface area contributed by atoms with E-state index in [9.17, 15) is 9.59 Å². The van der Waals surface area contributed by atoms with Crippen molar-refractivity contribution in [3.63, 3.8) is 0 Å². The summed E-state index contributed by atoms with van der Waals surface area (Å²) in [4.78, 5) is 23.9. The average molecular weight is 409 g/mol. The molecule has 0 aromatic heterocycles. The van der Waals surface area contributed by atoms with Gasteiger partial charge in [0.15, 0.2) is 6.61 Å². The monoisotopic (exact) mass is 408 g/mol. The molecule has 7 heteroatoms. The summed E-state index contributed by atoms with van der Waals surface area (Å²) in [6, 6.07) is 10.8. The molecule has 2 rings (SSSR count). The Morgan fingerprint density at radius 1 is 1.00 bits per heavy atom. The lowest BCUT2D eigenvalue weighted by Crippen LogP contribution is -2.44. The molecule has 0 aliphatic carbocycles. The molecule has 0 saturated heterocycles. The molecule has 27 heavy (non-hydrogen) atoms. The summed E-state index contributed by atoms with van der Waals surface area (Å²) in [5.74, 6) is 0.116. The van der Waals surface area contributed by atoms with E-state index in [0.29, 0.717) is 21.4 Å². The minimum Gasteiger partial charge on any atom is -0.483 e. The average Bonchev–Trinajstić information content (AvgIpc) is 2.61. The molecule has 0 spiro atoms. The second-order valence-electron chi connectivity index (χ2n) is 6.51. The maximum absolute atomic E-state index is 11.9. The highest BCUT2D eigenvalue weighted by atomic mass is 35.5. The number of hydrogen-bond acceptors (Lipinski definition) is 3. The van der Waals surface area contributed by atoms with E-state index in [-0.39, 0.29) is 24.9 Å². The number of halogens is 2. The number of benzene rings is 2. The Bertz CT molecular complexity index is 838. The molecule has 0 aliphatic rings. The number of carbonyl (C=O) groups excluding carboxylic acids is 2. The Labute approximate surface area is 169 Å². The summed E-state index contributed by atoms with van der Waals surface area (Å²) in [6.45, 7) is 5.87. The number of ether oxygens (including phenoxy) is 1. The highest BCUT2D eigenvalue weighted by Crippen LogP contribution is 2.27. The molecule has 0 unspecified atom stereocenters. The number of nitrogens with one attached hydrogen (secondary N) is 2. The fourth-order valence-corrected chi connectivity index (χ4v) is 2.76. The number of hydrogen-bond donors (Lipinski definition) is 2. The molecule has 0 aliphatic heterocycles. The molecule has 144 valence electrons. The summed E-state index contributed by atoms with van der Waals surface area (Å²) in [5.41, 5.74) is 7.45. The van der Waals surface area contributed by atoms with Gasteiger partial charge >= 0.3 is 0 Å². The first kappa shape index (κ1) is 21.1. The highest BCUT2D eigenvalue weighted by molar-refractivity contribution is 6.42. The topological polar surface area (TPSA) is 67.4 Å². The van der Waals surface area contributed by atoms with Crippen molar-refractivity contribution < 1.29 is 14.3 Å². The van der Waals surface area contributed by atoms with Gasteiger partial charge in [-0.2, -0.15) is 0 Å². The second kappa shape index (κ2) is 9.62. The van der Waals surface area contributed by atoms with Crippen molar-refractivity contribution in [2.24, 2.45) is 0 Å². The van der Waals surface area contributed by atoms with Crippen molar-refractivity contribution in [1.29, 1.82) is 0 Å². The van der Waals surface area contributed by atoms with Crippen LogP contribution in [0.1, 0.15) is 36.5 Å². The molecule has 0 fully saturated rings. The first-order chi connectivity index (χ1) is 12.8. The summed E-state index contributed by atoms with van der Waals surface area (Å²) in [7, 11) is 0. The van der Waals surface area contributed by atoms with Gasteiger partial charge in [-0.1, -0.05) is 55.2 Å². The van der Waals surface area contributed by atoms with Crippen LogP contribution in [0.3, 0.4) is 0 Å². The number of rotatable bonds is 6. The zero-order chi connectivity index (χ0) is 20.0. The van der Waals surface area contributed by atoms with Gasteiger partial charge in [-0.3, -0.25) is 20.4 Å². The van der Waals surface area contributed by atoms with E-state index in [1.165, 1.54) is 0 Å². The minimum absolute atomic E-state index is 0.0629. The Kier molecular flexibility index (Phi) is 7.51. The summed E-state index contributed by atoms with van der Waals surface area (Å²) < 4.78 is 5.63. The maximum Gasteiger partial charge on any atom is 0.276 e. The van der Waals surface area contributed by atoms with E-state index in [4.69, 9.17) is 27.9 Å². The van der Waals surface area contributed by atoms with E-state index < -0.39 is 5.91 Å². The SMILES string of the molecule is Cc1ccc(C(C)C)c(OCC(=O)NNC(=O)Cc2ccc(Cl)c(Cl)c2)c1. The van der Waals surface area contributed by atoms with Crippen LogP contribution in [0.4, 0.5) is 0 Å². The van der Waals surface area contributed by atoms with Gasteiger partial charge in [-0.15, -0.1) is 0 Å². The molecule has 0 saturated carbocycles. The van der Waals surface area contributed by atoms with Gasteiger partial charge in [0.05, 0.1) is 16.5 Å². The third-order valence-corrected chi connectivity index (χ3v) is 4.58. The van der Waals surface area contributed by atoms with Gasteiger partial charge in [-0.25, -0.2) is 0 Å². The summed E-state index contributed by atoms with van der Waals surface area (Å²) >= 11 is 11.8. The number of amides is 2. The minimum atomic E-state index is -0.450. The van der Waals surface area contributed by atoms with Crippen LogP contribution in [0.2, 0.25) is 10.0 Å². The zero-order valence-electron chi connectivity index (χ0n) is 15.4. The molecule has 0 radical (unpaired) electrons. The molecule has 0 bridgehead atoms. The van der Waals surface area contributed by atoms with Crippen molar-refractivity contribution in [3.8, 4) is 5.75 Å². The van der Waals surface area contributed by atoms with Crippen LogP contribution in [-0.4, -0.2) is 18.4 Å². The Balaban J connectivity index is 1.83. The molecule has 2 aromatic carbocycles. The second-order valence-corrected chi connectivity index (χ2v) is 7.32. The van der Waals surface area contributed by atoms with Crippen LogP contribution in [0.15, 0.2) is 36.4 Å². The van der Waals surface area contributed by atoms with E-state index in [1.54, 1.807) is 18.2 Å². The van der Waals surface area contributed by atoms with Crippen LogP contribution in [0.25, 0.3) is 0 Å². The van der Waals surface area contributed by atoms with Crippen molar-refractivity contribution >= 4 is 35.0 Å². The zero-order valence-corrected chi connectivity index (χ0v) is 16.9. The molecule has 2 N–H and O–H groups in total. The lowest BCUT2D eigenvalue weighted by atomic mass is 10.0. The lowest BCUT2D eigenvalue weighted by Gasteiger charge is -2.15. The van der Waals surface area contributed by atoms with Crippen LogP contribution in [0, 0.1) is 6.92 Å². The molecule has 0 heterocycles. The fraction of sp³-hybridized carbons (Fsp3) is 0.300. The molecular weight excluding hydrogens is 387 g/mol. The van der Waals surface area contributed by atoms with Crippen LogP contribution in [0.5, 0.6) is 5.75 Å². The van der Waals surface area contributed by atoms with Gasteiger partial charge in [0.2, 0.25) is 5.91 Å². The standard InChI is InChI=1S/C20H22Cl2N2O3/c1-12(2)15-6-4-13(3)8-18(15)27-11-20(26)24-23-19(25)10-14-5-7-16(21)17(22)9-14/h4-9,12H,10-11H2,1-3H3,(H,23,25)(H,24,26). The van der Waals surface area contributed by atoms with Crippen molar-refractivity contribution in [1.82, 2.24) is 10.9 Å². The third kappa shape index (κ3) is 6.45. The first-order valence-electron chi connectivity index (χ1n) is 8.51. The van der Waals surface area contributed by atoms with Crippen LogP contribution in [-0.2, 0) is 16.0 Å².